The molecular formula is C9H10ClF4N. The first-order chi connectivity index (χ1) is 6.39. The summed E-state index contributed by atoms with van der Waals surface area (Å²) in [6, 6.07) is 3.04. The Morgan fingerprint density at radius 2 is 1.87 bits per heavy atom. The van der Waals surface area contributed by atoms with Gasteiger partial charge in [-0.25, -0.2) is 4.39 Å². The number of hydrogen-bond acceptors (Lipinski definition) is 1. The third-order valence-electron chi connectivity index (χ3n) is 1.77. The van der Waals surface area contributed by atoms with Gasteiger partial charge in [-0.1, -0.05) is 12.1 Å². The zero-order valence-corrected chi connectivity index (χ0v) is 8.41. The number of hydrogen-bond donors (Lipinski definition) is 1. The quantitative estimate of drug-likeness (QED) is 0.794. The minimum absolute atomic E-state index is 0. The highest BCUT2D eigenvalue weighted by Crippen LogP contribution is 2.21. The molecule has 1 rings (SSSR count). The van der Waals surface area contributed by atoms with Crippen molar-refractivity contribution in [1.29, 1.82) is 0 Å². The summed E-state index contributed by atoms with van der Waals surface area (Å²) >= 11 is 0. The van der Waals surface area contributed by atoms with Crippen LogP contribution in [0.2, 0.25) is 0 Å². The van der Waals surface area contributed by atoms with E-state index in [1.54, 1.807) is 0 Å². The molecule has 1 aromatic carbocycles. The van der Waals surface area contributed by atoms with E-state index in [9.17, 15) is 17.6 Å². The van der Waals surface area contributed by atoms with Crippen LogP contribution in [-0.4, -0.2) is 12.2 Å². The van der Waals surface area contributed by atoms with Gasteiger partial charge in [-0.05, 0) is 24.1 Å². The summed E-state index contributed by atoms with van der Waals surface area (Å²) in [4.78, 5) is 0. The van der Waals surface area contributed by atoms with Gasteiger partial charge < -0.3 is 5.73 Å². The molecule has 0 saturated carbocycles. The monoisotopic (exact) mass is 243 g/mol. The Morgan fingerprint density at radius 3 is 2.33 bits per heavy atom. The van der Waals surface area contributed by atoms with Crippen molar-refractivity contribution < 1.29 is 17.6 Å². The zero-order valence-electron chi connectivity index (χ0n) is 7.59. The number of rotatable bonds is 2. The molecule has 1 atom stereocenters. The summed E-state index contributed by atoms with van der Waals surface area (Å²) in [6.45, 7) is 0. The molecule has 0 bridgehead atoms. The van der Waals surface area contributed by atoms with Crippen molar-refractivity contribution in [3.63, 3.8) is 0 Å². The molecule has 0 amide bonds. The molecule has 0 aliphatic heterocycles. The SMILES string of the molecule is Cl.NC(Cc1cccc(F)c1)C(F)(F)F. The maximum atomic E-state index is 12.6. The van der Waals surface area contributed by atoms with Crippen LogP contribution in [0, 0.1) is 5.82 Å². The van der Waals surface area contributed by atoms with Crippen LogP contribution in [0.15, 0.2) is 24.3 Å². The van der Waals surface area contributed by atoms with Crippen LogP contribution in [0.1, 0.15) is 5.56 Å². The van der Waals surface area contributed by atoms with E-state index in [2.05, 4.69) is 0 Å². The predicted octanol–water partition coefficient (Wildman–Crippen LogP) is 2.68. The molecule has 0 aromatic heterocycles. The third kappa shape index (κ3) is 4.48. The Bertz CT molecular complexity index is 313. The van der Waals surface area contributed by atoms with Crippen molar-refractivity contribution in [2.24, 2.45) is 5.73 Å². The summed E-state index contributed by atoms with van der Waals surface area (Å²) in [6.07, 6.45) is -4.84. The summed E-state index contributed by atoms with van der Waals surface area (Å²) < 4.78 is 48.6. The standard InChI is InChI=1S/C9H9F4N.ClH/c10-7-3-1-2-6(4-7)5-8(14)9(11,12)13;/h1-4,8H,5,14H2;1H. The molecule has 0 aliphatic rings. The number of benzene rings is 1. The lowest BCUT2D eigenvalue weighted by molar-refractivity contribution is -0.147. The van der Waals surface area contributed by atoms with E-state index < -0.39 is 24.5 Å². The summed E-state index contributed by atoms with van der Waals surface area (Å²) in [5.74, 6) is -0.558. The lowest BCUT2D eigenvalue weighted by atomic mass is 10.1. The Morgan fingerprint density at radius 1 is 1.27 bits per heavy atom. The van der Waals surface area contributed by atoms with Crippen molar-refractivity contribution in [3.8, 4) is 0 Å². The first-order valence-corrected chi connectivity index (χ1v) is 3.96. The summed E-state index contributed by atoms with van der Waals surface area (Å²) in [5, 5.41) is 0. The van der Waals surface area contributed by atoms with Gasteiger partial charge in [-0.2, -0.15) is 13.2 Å². The Labute approximate surface area is 90.7 Å². The van der Waals surface area contributed by atoms with Crippen molar-refractivity contribution >= 4 is 12.4 Å². The van der Waals surface area contributed by atoms with E-state index in [1.807, 2.05) is 0 Å². The Hall–Kier alpha value is -0.810. The number of nitrogens with two attached hydrogens (primary N) is 1. The molecule has 0 heterocycles. The van der Waals surface area contributed by atoms with Gasteiger partial charge in [0.25, 0.3) is 0 Å². The molecular weight excluding hydrogens is 234 g/mol. The molecule has 15 heavy (non-hydrogen) atoms. The van der Waals surface area contributed by atoms with Crippen LogP contribution in [0.25, 0.3) is 0 Å². The molecule has 2 N–H and O–H groups in total. The fourth-order valence-electron chi connectivity index (χ4n) is 1.03. The van der Waals surface area contributed by atoms with Crippen molar-refractivity contribution in [2.45, 2.75) is 18.6 Å². The molecule has 0 spiro atoms. The molecule has 6 heteroatoms. The first kappa shape index (κ1) is 14.2. The van der Waals surface area contributed by atoms with E-state index in [0.29, 0.717) is 0 Å². The largest absolute Gasteiger partial charge is 0.403 e. The topological polar surface area (TPSA) is 26.0 Å². The van der Waals surface area contributed by atoms with Gasteiger partial charge in [0.1, 0.15) is 11.9 Å². The van der Waals surface area contributed by atoms with E-state index in [4.69, 9.17) is 5.73 Å². The van der Waals surface area contributed by atoms with Crippen LogP contribution < -0.4 is 5.73 Å². The zero-order chi connectivity index (χ0) is 10.8. The van der Waals surface area contributed by atoms with Gasteiger partial charge in [0.2, 0.25) is 0 Å². The molecule has 0 saturated heterocycles. The van der Waals surface area contributed by atoms with Crippen molar-refractivity contribution in [3.05, 3.63) is 35.6 Å². The highest BCUT2D eigenvalue weighted by molar-refractivity contribution is 5.85. The minimum Gasteiger partial charge on any atom is -0.320 e. The van der Waals surface area contributed by atoms with E-state index in [-0.39, 0.29) is 18.0 Å². The smallest absolute Gasteiger partial charge is 0.320 e. The second-order valence-corrected chi connectivity index (χ2v) is 2.98. The van der Waals surface area contributed by atoms with E-state index >= 15 is 0 Å². The molecule has 0 aliphatic carbocycles. The fraction of sp³-hybridized carbons (Fsp3) is 0.333. The maximum absolute atomic E-state index is 12.6. The normalized spacial score (nSPS) is 13.1. The highest BCUT2D eigenvalue weighted by Gasteiger charge is 2.36. The molecule has 1 unspecified atom stereocenters. The average molecular weight is 244 g/mol. The lowest BCUT2D eigenvalue weighted by Gasteiger charge is -2.15. The van der Waals surface area contributed by atoms with Crippen molar-refractivity contribution in [1.82, 2.24) is 0 Å². The van der Waals surface area contributed by atoms with Crippen LogP contribution in [0.5, 0.6) is 0 Å². The van der Waals surface area contributed by atoms with Crippen molar-refractivity contribution in [2.75, 3.05) is 0 Å². The third-order valence-corrected chi connectivity index (χ3v) is 1.77. The first-order valence-electron chi connectivity index (χ1n) is 3.96. The van der Waals surface area contributed by atoms with Crippen LogP contribution in [-0.2, 0) is 6.42 Å². The molecule has 1 aromatic rings. The van der Waals surface area contributed by atoms with Gasteiger partial charge in [-0.3, -0.25) is 0 Å². The second kappa shape index (κ2) is 5.32. The van der Waals surface area contributed by atoms with Gasteiger partial charge in [0.15, 0.2) is 0 Å². The van der Waals surface area contributed by atoms with Crippen LogP contribution in [0.3, 0.4) is 0 Å². The second-order valence-electron chi connectivity index (χ2n) is 2.98. The molecule has 0 radical (unpaired) electrons. The molecule has 1 nitrogen and oxygen atoms in total. The average Bonchev–Trinajstić information content (AvgIpc) is 2.02. The maximum Gasteiger partial charge on any atom is 0.403 e. The Balaban J connectivity index is 0.00000196. The predicted molar refractivity (Wildman–Crippen MR) is 51.4 cm³/mol. The Kier molecular flexibility index (Phi) is 5.03. The lowest BCUT2D eigenvalue weighted by Crippen LogP contribution is -2.39. The van der Waals surface area contributed by atoms with Gasteiger partial charge in [-0.15, -0.1) is 12.4 Å². The van der Waals surface area contributed by atoms with Gasteiger partial charge in [0, 0.05) is 0 Å². The van der Waals surface area contributed by atoms with Crippen LogP contribution in [0.4, 0.5) is 17.6 Å². The van der Waals surface area contributed by atoms with Crippen LogP contribution >= 0.6 is 12.4 Å². The number of halogens is 5. The molecule has 86 valence electrons. The molecule has 0 fully saturated rings. The van der Waals surface area contributed by atoms with Gasteiger partial charge >= 0.3 is 6.18 Å². The minimum atomic E-state index is -4.44. The summed E-state index contributed by atoms with van der Waals surface area (Å²) in [5.41, 5.74) is 5.13. The van der Waals surface area contributed by atoms with Gasteiger partial charge in [0.05, 0.1) is 0 Å². The van der Waals surface area contributed by atoms with E-state index in [0.717, 1.165) is 6.07 Å². The summed E-state index contributed by atoms with van der Waals surface area (Å²) in [7, 11) is 0. The highest BCUT2D eigenvalue weighted by atomic mass is 35.5. The van der Waals surface area contributed by atoms with E-state index in [1.165, 1.54) is 18.2 Å². The fourth-order valence-corrected chi connectivity index (χ4v) is 1.03. The number of alkyl halides is 3.